The lowest BCUT2D eigenvalue weighted by atomic mass is 10.1. The Morgan fingerprint density at radius 3 is 2.50 bits per heavy atom. The molecule has 1 aromatic heterocycles. The van der Waals surface area contributed by atoms with E-state index in [4.69, 9.17) is 4.74 Å². The molecule has 0 atom stereocenters. The van der Waals surface area contributed by atoms with E-state index in [0.29, 0.717) is 11.4 Å². The fraction of sp³-hybridized carbons (Fsp3) is 0.154. The predicted molar refractivity (Wildman–Crippen MR) is 62.1 cm³/mol. The second kappa shape index (κ2) is 4.77. The number of ether oxygens (including phenoxy) is 1. The molecule has 0 spiro atoms. The van der Waals surface area contributed by atoms with Gasteiger partial charge in [-0.05, 0) is 12.1 Å². The molecular weight excluding hydrogens is 202 g/mol. The van der Waals surface area contributed by atoms with Crippen molar-refractivity contribution in [3.8, 4) is 17.0 Å². The standard InChI is InChI=1S/C13H13NO2/c1-16-13-8-7-11(14-12(13)9-15)10-5-3-2-4-6-10/h2-8,15H,9H2,1H3. The van der Waals surface area contributed by atoms with Crippen LogP contribution < -0.4 is 4.74 Å². The highest BCUT2D eigenvalue weighted by Gasteiger charge is 2.06. The Labute approximate surface area is 94.3 Å². The third-order valence-corrected chi connectivity index (χ3v) is 2.37. The quantitative estimate of drug-likeness (QED) is 0.853. The third kappa shape index (κ3) is 2.04. The first-order valence-corrected chi connectivity index (χ1v) is 5.05. The van der Waals surface area contributed by atoms with E-state index in [0.717, 1.165) is 11.3 Å². The SMILES string of the molecule is COc1ccc(-c2ccccc2)nc1CO. The zero-order valence-electron chi connectivity index (χ0n) is 9.05. The molecule has 1 aromatic carbocycles. The van der Waals surface area contributed by atoms with Gasteiger partial charge < -0.3 is 9.84 Å². The Morgan fingerprint density at radius 2 is 1.88 bits per heavy atom. The Kier molecular flexibility index (Phi) is 3.17. The highest BCUT2D eigenvalue weighted by atomic mass is 16.5. The first-order chi connectivity index (χ1) is 7.85. The third-order valence-electron chi connectivity index (χ3n) is 2.37. The van der Waals surface area contributed by atoms with Crippen molar-refractivity contribution in [2.45, 2.75) is 6.61 Å². The molecule has 1 N–H and O–H groups in total. The van der Waals surface area contributed by atoms with E-state index in [2.05, 4.69) is 4.98 Å². The van der Waals surface area contributed by atoms with Crippen molar-refractivity contribution >= 4 is 0 Å². The Bertz CT molecular complexity index is 469. The van der Waals surface area contributed by atoms with Crippen molar-refractivity contribution in [2.24, 2.45) is 0 Å². The summed E-state index contributed by atoms with van der Waals surface area (Å²) in [4.78, 5) is 4.36. The van der Waals surface area contributed by atoms with Crippen LogP contribution in [-0.4, -0.2) is 17.2 Å². The van der Waals surface area contributed by atoms with Gasteiger partial charge in [-0.2, -0.15) is 0 Å². The summed E-state index contributed by atoms with van der Waals surface area (Å²) < 4.78 is 5.10. The highest BCUT2D eigenvalue weighted by Crippen LogP contribution is 2.22. The zero-order chi connectivity index (χ0) is 11.4. The van der Waals surface area contributed by atoms with Crippen LogP contribution >= 0.6 is 0 Å². The maximum absolute atomic E-state index is 9.18. The van der Waals surface area contributed by atoms with Crippen LogP contribution in [0.1, 0.15) is 5.69 Å². The van der Waals surface area contributed by atoms with E-state index in [1.807, 2.05) is 42.5 Å². The largest absolute Gasteiger partial charge is 0.495 e. The fourth-order valence-corrected chi connectivity index (χ4v) is 1.56. The number of aliphatic hydroxyl groups is 1. The number of aliphatic hydroxyl groups excluding tert-OH is 1. The Morgan fingerprint density at radius 1 is 1.12 bits per heavy atom. The van der Waals surface area contributed by atoms with Crippen molar-refractivity contribution in [2.75, 3.05) is 7.11 Å². The fourth-order valence-electron chi connectivity index (χ4n) is 1.56. The van der Waals surface area contributed by atoms with Crippen LogP contribution in [-0.2, 0) is 6.61 Å². The molecule has 2 rings (SSSR count). The number of rotatable bonds is 3. The summed E-state index contributed by atoms with van der Waals surface area (Å²) in [7, 11) is 1.57. The van der Waals surface area contributed by atoms with Gasteiger partial charge in [-0.15, -0.1) is 0 Å². The van der Waals surface area contributed by atoms with E-state index >= 15 is 0 Å². The van der Waals surface area contributed by atoms with Crippen molar-refractivity contribution in [1.29, 1.82) is 0 Å². The molecule has 0 radical (unpaired) electrons. The van der Waals surface area contributed by atoms with Gasteiger partial charge in [0.2, 0.25) is 0 Å². The average molecular weight is 215 g/mol. The maximum Gasteiger partial charge on any atom is 0.142 e. The van der Waals surface area contributed by atoms with Crippen LogP contribution in [0, 0.1) is 0 Å². The zero-order valence-corrected chi connectivity index (χ0v) is 9.05. The molecule has 16 heavy (non-hydrogen) atoms. The molecule has 0 saturated carbocycles. The van der Waals surface area contributed by atoms with E-state index in [9.17, 15) is 5.11 Å². The smallest absolute Gasteiger partial charge is 0.142 e. The van der Waals surface area contributed by atoms with Gasteiger partial charge in [0.1, 0.15) is 11.4 Å². The summed E-state index contributed by atoms with van der Waals surface area (Å²) in [6.07, 6.45) is 0. The summed E-state index contributed by atoms with van der Waals surface area (Å²) in [5, 5.41) is 9.18. The van der Waals surface area contributed by atoms with Gasteiger partial charge in [-0.25, -0.2) is 4.98 Å². The minimum Gasteiger partial charge on any atom is -0.495 e. The summed E-state index contributed by atoms with van der Waals surface area (Å²) in [6, 6.07) is 13.5. The predicted octanol–water partition coefficient (Wildman–Crippen LogP) is 2.25. The minimum atomic E-state index is -0.121. The van der Waals surface area contributed by atoms with E-state index in [1.54, 1.807) is 7.11 Å². The van der Waals surface area contributed by atoms with Crippen LogP contribution in [0.3, 0.4) is 0 Å². The molecule has 0 unspecified atom stereocenters. The molecule has 1 heterocycles. The number of hydrogen-bond acceptors (Lipinski definition) is 3. The van der Waals surface area contributed by atoms with Crippen LogP contribution in [0.25, 0.3) is 11.3 Å². The molecule has 0 aliphatic rings. The van der Waals surface area contributed by atoms with Gasteiger partial charge in [-0.3, -0.25) is 0 Å². The number of benzene rings is 1. The van der Waals surface area contributed by atoms with Gasteiger partial charge >= 0.3 is 0 Å². The first kappa shape index (κ1) is 10.6. The number of nitrogens with zero attached hydrogens (tertiary/aromatic N) is 1. The van der Waals surface area contributed by atoms with E-state index < -0.39 is 0 Å². The number of aromatic nitrogens is 1. The molecule has 0 aliphatic carbocycles. The summed E-state index contributed by atoms with van der Waals surface area (Å²) in [6.45, 7) is -0.121. The lowest BCUT2D eigenvalue weighted by Crippen LogP contribution is -1.97. The lowest BCUT2D eigenvalue weighted by Gasteiger charge is -2.07. The van der Waals surface area contributed by atoms with Crippen molar-refractivity contribution < 1.29 is 9.84 Å². The molecule has 3 heteroatoms. The average Bonchev–Trinajstić information content (AvgIpc) is 2.39. The minimum absolute atomic E-state index is 0.121. The molecular formula is C13H13NO2. The van der Waals surface area contributed by atoms with Gasteiger partial charge in [0.15, 0.2) is 0 Å². The van der Waals surface area contributed by atoms with Crippen LogP contribution in [0.4, 0.5) is 0 Å². The van der Waals surface area contributed by atoms with Gasteiger partial charge in [0.05, 0.1) is 19.4 Å². The Hall–Kier alpha value is -1.87. The lowest BCUT2D eigenvalue weighted by molar-refractivity contribution is 0.268. The first-order valence-electron chi connectivity index (χ1n) is 5.05. The summed E-state index contributed by atoms with van der Waals surface area (Å²) >= 11 is 0. The van der Waals surface area contributed by atoms with Crippen molar-refractivity contribution in [1.82, 2.24) is 4.98 Å². The molecule has 2 aromatic rings. The maximum atomic E-state index is 9.18. The topological polar surface area (TPSA) is 42.4 Å². The highest BCUT2D eigenvalue weighted by molar-refractivity contribution is 5.59. The van der Waals surface area contributed by atoms with Crippen LogP contribution in [0.2, 0.25) is 0 Å². The Balaban J connectivity index is 2.44. The molecule has 0 saturated heterocycles. The van der Waals surface area contributed by atoms with Crippen molar-refractivity contribution in [3.05, 3.63) is 48.2 Å². The number of methoxy groups -OCH3 is 1. The molecule has 0 fully saturated rings. The van der Waals surface area contributed by atoms with Gasteiger partial charge in [0.25, 0.3) is 0 Å². The van der Waals surface area contributed by atoms with E-state index in [-0.39, 0.29) is 6.61 Å². The normalized spacial score (nSPS) is 10.1. The molecule has 0 amide bonds. The van der Waals surface area contributed by atoms with E-state index in [1.165, 1.54) is 0 Å². The van der Waals surface area contributed by atoms with Gasteiger partial charge in [-0.1, -0.05) is 30.3 Å². The van der Waals surface area contributed by atoms with Crippen LogP contribution in [0.5, 0.6) is 5.75 Å². The molecule has 82 valence electrons. The monoisotopic (exact) mass is 215 g/mol. The number of hydrogen-bond donors (Lipinski definition) is 1. The molecule has 3 nitrogen and oxygen atoms in total. The van der Waals surface area contributed by atoms with Gasteiger partial charge in [0, 0.05) is 5.56 Å². The molecule has 0 bridgehead atoms. The summed E-state index contributed by atoms with van der Waals surface area (Å²) in [5.74, 6) is 0.613. The second-order valence-electron chi connectivity index (χ2n) is 3.37. The van der Waals surface area contributed by atoms with Crippen molar-refractivity contribution in [3.63, 3.8) is 0 Å². The summed E-state index contributed by atoms with van der Waals surface area (Å²) in [5.41, 5.74) is 2.43. The number of pyridine rings is 1. The second-order valence-corrected chi connectivity index (χ2v) is 3.37. The van der Waals surface area contributed by atoms with Crippen LogP contribution in [0.15, 0.2) is 42.5 Å². The molecule has 0 aliphatic heterocycles.